The highest BCUT2D eigenvalue weighted by Crippen LogP contribution is 2.18. The van der Waals surface area contributed by atoms with Gasteiger partial charge in [-0.1, -0.05) is 6.92 Å². The van der Waals surface area contributed by atoms with Crippen LogP contribution in [0.3, 0.4) is 0 Å². The van der Waals surface area contributed by atoms with Crippen molar-refractivity contribution in [3.63, 3.8) is 0 Å². The van der Waals surface area contributed by atoms with Crippen molar-refractivity contribution in [2.75, 3.05) is 13.1 Å². The fourth-order valence-corrected chi connectivity index (χ4v) is 1.52. The molecular formula is C8H16FN. The standard InChI is InChI=1S/C8H16FN/c1-2-8(9)7-4-3-5-10-6-7/h7-8,10H,2-6H2,1H3/t7-,8-/m0/s1. The number of hydrogen-bond donors (Lipinski definition) is 1. The van der Waals surface area contributed by atoms with E-state index >= 15 is 0 Å². The van der Waals surface area contributed by atoms with Crippen molar-refractivity contribution >= 4 is 0 Å². The molecule has 1 aliphatic heterocycles. The highest BCUT2D eigenvalue weighted by atomic mass is 19.1. The molecule has 0 bridgehead atoms. The third-order valence-electron chi connectivity index (χ3n) is 2.24. The van der Waals surface area contributed by atoms with Crippen LogP contribution in [0.5, 0.6) is 0 Å². The molecule has 60 valence electrons. The monoisotopic (exact) mass is 145 g/mol. The van der Waals surface area contributed by atoms with E-state index in [0.717, 1.165) is 25.9 Å². The number of hydrogen-bond acceptors (Lipinski definition) is 1. The van der Waals surface area contributed by atoms with Gasteiger partial charge in [0.1, 0.15) is 6.17 Å². The SMILES string of the molecule is CC[C@H](F)[C@H]1CCCNC1. The second kappa shape index (κ2) is 3.91. The van der Waals surface area contributed by atoms with Crippen molar-refractivity contribution < 1.29 is 4.39 Å². The molecule has 1 fully saturated rings. The van der Waals surface area contributed by atoms with E-state index in [4.69, 9.17) is 0 Å². The Morgan fingerprint density at radius 3 is 3.00 bits per heavy atom. The average molecular weight is 145 g/mol. The fraction of sp³-hybridized carbons (Fsp3) is 1.00. The molecule has 2 atom stereocenters. The van der Waals surface area contributed by atoms with Gasteiger partial charge in [-0.3, -0.25) is 0 Å². The fourth-order valence-electron chi connectivity index (χ4n) is 1.52. The maximum Gasteiger partial charge on any atom is 0.104 e. The van der Waals surface area contributed by atoms with E-state index in [-0.39, 0.29) is 0 Å². The molecule has 1 rings (SSSR count). The molecular weight excluding hydrogens is 129 g/mol. The Balaban J connectivity index is 2.24. The predicted molar refractivity (Wildman–Crippen MR) is 40.8 cm³/mol. The summed E-state index contributed by atoms with van der Waals surface area (Å²) in [6.45, 7) is 3.88. The van der Waals surface area contributed by atoms with Gasteiger partial charge in [0.15, 0.2) is 0 Å². The van der Waals surface area contributed by atoms with E-state index < -0.39 is 6.17 Å². The van der Waals surface area contributed by atoms with Crippen LogP contribution in [0.4, 0.5) is 4.39 Å². The lowest BCUT2D eigenvalue weighted by Gasteiger charge is -2.24. The summed E-state index contributed by atoms with van der Waals surface area (Å²) in [5, 5.41) is 3.21. The molecule has 1 aliphatic rings. The molecule has 10 heavy (non-hydrogen) atoms. The van der Waals surface area contributed by atoms with Crippen LogP contribution < -0.4 is 5.32 Å². The van der Waals surface area contributed by atoms with Crippen molar-refractivity contribution in [3.8, 4) is 0 Å². The molecule has 1 nitrogen and oxygen atoms in total. The second-order valence-corrected chi connectivity index (χ2v) is 3.03. The van der Waals surface area contributed by atoms with Crippen LogP contribution in [0.15, 0.2) is 0 Å². The van der Waals surface area contributed by atoms with Crippen molar-refractivity contribution in [1.82, 2.24) is 5.32 Å². The Bertz CT molecular complexity index is 89.3. The molecule has 0 aliphatic carbocycles. The molecule has 0 radical (unpaired) electrons. The lowest BCUT2D eigenvalue weighted by molar-refractivity contribution is 0.187. The molecule has 0 spiro atoms. The Morgan fingerprint density at radius 1 is 1.70 bits per heavy atom. The van der Waals surface area contributed by atoms with Crippen molar-refractivity contribution in [1.29, 1.82) is 0 Å². The Morgan fingerprint density at radius 2 is 2.50 bits per heavy atom. The van der Waals surface area contributed by atoms with Crippen LogP contribution in [0, 0.1) is 5.92 Å². The third-order valence-corrected chi connectivity index (χ3v) is 2.24. The normalized spacial score (nSPS) is 30.0. The molecule has 1 saturated heterocycles. The molecule has 0 aromatic rings. The highest BCUT2D eigenvalue weighted by molar-refractivity contribution is 4.74. The molecule has 0 saturated carbocycles. The summed E-state index contributed by atoms with van der Waals surface area (Å²) in [7, 11) is 0. The van der Waals surface area contributed by atoms with Gasteiger partial charge in [-0.05, 0) is 25.8 Å². The zero-order valence-electron chi connectivity index (χ0n) is 6.57. The van der Waals surface area contributed by atoms with Gasteiger partial charge < -0.3 is 5.32 Å². The Labute approximate surface area is 62.0 Å². The summed E-state index contributed by atoms with van der Waals surface area (Å²) in [5.74, 6) is 0.291. The van der Waals surface area contributed by atoms with Gasteiger partial charge in [-0.25, -0.2) is 4.39 Å². The summed E-state index contributed by atoms with van der Waals surface area (Å²) in [4.78, 5) is 0. The summed E-state index contributed by atoms with van der Waals surface area (Å²) in [6, 6.07) is 0. The number of nitrogens with one attached hydrogen (secondary N) is 1. The first-order valence-electron chi connectivity index (χ1n) is 4.19. The third kappa shape index (κ3) is 1.94. The topological polar surface area (TPSA) is 12.0 Å². The lowest BCUT2D eigenvalue weighted by Crippen LogP contribution is -2.34. The van der Waals surface area contributed by atoms with Crippen LogP contribution in [0.2, 0.25) is 0 Å². The Hall–Kier alpha value is -0.110. The lowest BCUT2D eigenvalue weighted by atomic mass is 9.93. The van der Waals surface area contributed by atoms with Crippen molar-refractivity contribution in [2.24, 2.45) is 5.92 Å². The first-order chi connectivity index (χ1) is 4.84. The van der Waals surface area contributed by atoms with Crippen LogP contribution in [-0.4, -0.2) is 19.3 Å². The number of rotatable bonds is 2. The summed E-state index contributed by atoms with van der Waals surface area (Å²) < 4.78 is 13.0. The maximum atomic E-state index is 13.0. The summed E-state index contributed by atoms with van der Waals surface area (Å²) in [6.07, 6.45) is 2.31. The van der Waals surface area contributed by atoms with Gasteiger partial charge in [0.2, 0.25) is 0 Å². The van der Waals surface area contributed by atoms with Gasteiger partial charge in [-0.15, -0.1) is 0 Å². The minimum Gasteiger partial charge on any atom is -0.316 e. The van der Waals surface area contributed by atoms with Gasteiger partial charge in [0.05, 0.1) is 0 Å². The first-order valence-corrected chi connectivity index (χ1v) is 4.19. The molecule has 1 N–H and O–H groups in total. The van der Waals surface area contributed by atoms with Crippen LogP contribution in [0.1, 0.15) is 26.2 Å². The zero-order valence-corrected chi connectivity index (χ0v) is 6.57. The second-order valence-electron chi connectivity index (χ2n) is 3.03. The zero-order chi connectivity index (χ0) is 7.40. The first kappa shape index (κ1) is 7.99. The van der Waals surface area contributed by atoms with Gasteiger partial charge >= 0.3 is 0 Å². The number of alkyl halides is 1. The maximum absolute atomic E-state index is 13.0. The molecule has 1 heterocycles. The Kier molecular flexibility index (Phi) is 3.13. The van der Waals surface area contributed by atoms with E-state index in [1.54, 1.807) is 0 Å². The molecule has 0 unspecified atom stereocenters. The molecule has 0 aromatic carbocycles. The van der Waals surface area contributed by atoms with Crippen LogP contribution >= 0.6 is 0 Å². The van der Waals surface area contributed by atoms with E-state index in [1.807, 2.05) is 6.92 Å². The van der Waals surface area contributed by atoms with Gasteiger partial charge in [0, 0.05) is 12.5 Å². The summed E-state index contributed by atoms with van der Waals surface area (Å²) in [5.41, 5.74) is 0. The molecule has 0 amide bonds. The molecule has 0 aromatic heterocycles. The highest BCUT2D eigenvalue weighted by Gasteiger charge is 2.20. The van der Waals surface area contributed by atoms with E-state index in [1.165, 1.54) is 0 Å². The number of halogens is 1. The van der Waals surface area contributed by atoms with Crippen LogP contribution in [-0.2, 0) is 0 Å². The largest absolute Gasteiger partial charge is 0.316 e. The quantitative estimate of drug-likeness (QED) is 0.624. The van der Waals surface area contributed by atoms with Gasteiger partial charge in [-0.2, -0.15) is 0 Å². The van der Waals surface area contributed by atoms with E-state index in [9.17, 15) is 4.39 Å². The molecule has 2 heteroatoms. The number of piperidine rings is 1. The van der Waals surface area contributed by atoms with E-state index in [0.29, 0.717) is 12.3 Å². The average Bonchev–Trinajstić information content (AvgIpc) is 2.05. The minimum atomic E-state index is -0.576. The summed E-state index contributed by atoms with van der Waals surface area (Å²) >= 11 is 0. The smallest absolute Gasteiger partial charge is 0.104 e. The van der Waals surface area contributed by atoms with Gasteiger partial charge in [0.25, 0.3) is 0 Å². The van der Waals surface area contributed by atoms with Crippen molar-refractivity contribution in [2.45, 2.75) is 32.4 Å². The minimum absolute atomic E-state index is 0.291. The van der Waals surface area contributed by atoms with Crippen molar-refractivity contribution in [3.05, 3.63) is 0 Å². The predicted octanol–water partition coefficient (Wildman–Crippen LogP) is 1.73. The van der Waals surface area contributed by atoms with E-state index in [2.05, 4.69) is 5.32 Å². The van der Waals surface area contributed by atoms with Crippen LogP contribution in [0.25, 0.3) is 0 Å².